The summed E-state index contributed by atoms with van der Waals surface area (Å²) in [4.78, 5) is 0. The Labute approximate surface area is 124 Å². The second-order valence-corrected chi connectivity index (χ2v) is 8.07. The molecule has 19 heavy (non-hydrogen) atoms. The zero-order chi connectivity index (χ0) is 14.3. The summed E-state index contributed by atoms with van der Waals surface area (Å²) >= 11 is 3.54. The van der Waals surface area contributed by atoms with Crippen LogP contribution < -0.4 is 5.32 Å². The second kappa shape index (κ2) is 8.02. The van der Waals surface area contributed by atoms with Crippen molar-refractivity contribution in [2.24, 2.45) is 5.92 Å². The van der Waals surface area contributed by atoms with Gasteiger partial charge in [-0.05, 0) is 44.0 Å². The summed E-state index contributed by atoms with van der Waals surface area (Å²) in [6.07, 6.45) is 1.60. The molecule has 3 nitrogen and oxygen atoms in total. The van der Waals surface area contributed by atoms with Gasteiger partial charge in [0.15, 0.2) is 0 Å². The molecule has 0 aliphatic heterocycles. The Hall–Kier alpha value is -0.390. The van der Waals surface area contributed by atoms with E-state index in [1.807, 2.05) is 25.2 Å². The van der Waals surface area contributed by atoms with Crippen LogP contribution in [0.4, 0.5) is 0 Å². The highest BCUT2D eigenvalue weighted by Gasteiger charge is 2.15. The van der Waals surface area contributed by atoms with Gasteiger partial charge >= 0.3 is 0 Å². The molecule has 0 heterocycles. The van der Waals surface area contributed by atoms with Crippen LogP contribution in [0.1, 0.15) is 18.9 Å². The zero-order valence-electron chi connectivity index (χ0n) is 11.5. The van der Waals surface area contributed by atoms with Crippen molar-refractivity contribution in [2.75, 3.05) is 25.1 Å². The maximum atomic E-state index is 11.6. The van der Waals surface area contributed by atoms with Gasteiger partial charge in [-0.3, -0.25) is 0 Å². The van der Waals surface area contributed by atoms with Crippen LogP contribution in [0, 0.1) is 5.92 Å². The molecule has 5 heteroatoms. The third-order valence-corrected chi connectivity index (χ3v) is 5.75. The molecule has 1 aromatic carbocycles. The van der Waals surface area contributed by atoms with E-state index in [0.29, 0.717) is 12.3 Å². The molecule has 0 bridgehead atoms. The molecule has 0 saturated carbocycles. The first kappa shape index (κ1) is 16.7. The molecular formula is C14H22BrNO2S. The zero-order valence-corrected chi connectivity index (χ0v) is 13.9. The highest BCUT2D eigenvalue weighted by atomic mass is 79.9. The highest BCUT2D eigenvalue weighted by Crippen LogP contribution is 2.21. The molecule has 0 radical (unpaired) electrons. The molecule has 1 aromatic rings. The van der Waals surface area contributed by atoms with E-state index in [0.717, 1.165) is 17.4 Å². The van der Waals surface area contributed by atoms with Crippen LogP contribution in [0.2, 0.25) is 0 Å². The molecule has 0 saturated heterocycles. The molecule has 0 aromatic heterocycles. The van der Waals surface area contributed by atoms with Crippen molar-refractivity contribution >= 4 is 25.8 Å². The largest absolute Gasteiger partial charge is 0.319 e. The van der Waals surface area contributed by atoms with Crippen molar-refractivity contribution < 1.29 is 8.42 Å². The fourth-order valence-electron chi connectivity index (χ4n) is 2.03. The minimum atomic E-state index is -2.87. The van der Waals surface area contributed by atoms with Gasteiger partial charge in [-0.2, -0.15) is 0 Å². The average molecular weight is 348 g/mol. The molecule has 1 unspecified atom stereocenters. The van der Waals surface area contributed by atoms with Gasteiger partial charge < -0.3 is 5.32 Å². The maximum Gasteiger partial charge on any atom is 0.150 e. The minimum absolute atomic E-state index is 0.230. The Bertz CT molecular complexity index is 488. The lowest BCUT2D eigenvalue weighted by Crippen LogP contribution is -2.24. The number of sulfone groups is 1. The quantitative estimate of drug-likeness (QED) is 0.786. The van der Waals surface area contributed by atoms with E-state index >= 15 is 0 Å². The van der Waals surface area contributed by atoms with E-state index in [-0.39, 0.29) is 11.5 Å². The summed E-state index contributed by atoms with van der Waals surface area (Å²) in [6.45, 7) is 2.54. The predicted molar refractivity (Wildman–Crippen MR) is 84.2 cm³/mol. The van der Waals surface area contributed by atoms with Crippen LogP contribution in [-0.4, -0.2) is 33.5 Å². The number of hydrogen-bond acceptors (Lipinski definition) is 3. The Kier molecular flexibility index (Phi) is 7.04. The Morgan fingerprint density at radius 3 is 2.58 bits per heavy atom. The Morgan fingerprint density at radius 1 is 1.32 bits per heavy atom. The van der Waals surface area contributed by atoms with Gasteiger partial charge in [0.25, 0.3) is 0 Å². The Balaban J connectivity index is 2.66. The third-order valence-electron chi connectivity index (χ3n) is 3.24. The summed E-state index contributed by atoms with van der Waals surface area (Å²) in [6, 6.07) is 8.11. The minimum Gasteiger partial charge on any atom is -0.319 e. The van der Waals surface area contributed by atoms with Crippen LogP contribution in [0.3, 0.4) is 0 Å². The van der Waals surface area contributed by atoms with E-state index in [4.69, 9.17) is 0 Å². The van der Waals surface area contributed by atoms with Crippen LogP contribution in [0.5, 0.6) is 0 Å². The summed E-state index contributed by atoms with van der Waals surface area (Å²) in [5, 5.41) is 3.15. The first-order chi connectivity index (χ1) is 8.98. The van der Waals surface area contributed by atoms with Crippen molar-refractivity contribution in [3.8, 4) is 0 Å². The van der Waals surface area contributed by atoms with Gasteiger partial charge in [-0.15, -0.1) is 0 Å². The number of benzene rings is 1. The normalized spacial score (nSPS) is 13.4. The monoisotopic (exact) mass is 347 g/mol. The fraction of sp³-hybridized carbons (Fsp3) is 0.571. The number of hydrogen-bond donors (Lipinski definition) is 1. The van der Waals surface area contributed by atoms with Crippen LogP contribution in [0.15, 0.2) is 28.7 Å². The van der Waals surface area contributed by atoms with E-state index in [2.05, 4.69) is 27.3 Å². The lowest BCUT2D eigenvalue weighted by Gasteiger charge is -2.17. The lowest BCUT2D eigenvalue weighted by atomic mass is 9.97. The molecule has 0 fully saturated rings. The van der Waals surface area contributed by atoms with Gasteiger partial charge in [0, 0.05) is 10.2 Å². The maximum absolute atomic E-state index is 11.6. The molecule has 0 spiro atoms. The van der Waals surface area contributed by atoms with E-state index in [9.17, 15) is 8.42 Å². The van der Waals surface area contributed by atoms with Crippen LogP contribution >= 0.6 is 15.9 Å². The van der Waals surface area contributed by atoms with Crippen LogP contribution in [0.25, 0.3) is 0 Å². The number of rotatable bonds is 8. The van der Waals surface area contributed by atoms with Crippen molar-refractivity contribution in [3.05, 3.63) is 34.3 Å². The van der Waals surface area contributed by atoms with Crippen molar-refractivity contribution in [1.29, 1.82) is 0 Å². The molecule has 1 atom stereocenters. The number of nitrogens with one attached hydrogen (secondary N) is 1. The first-order valence-corrected chi connectivity index (χ1v) is 9.18. The summed E-state index contributed by atoms with van der Waals surface area (Å²) in [5.41, 5.74) is 1.23. The summed E-state index contributed by atoms with van der Waals surface area (Å²) < 4.78 is 24.3. The molecular weight excluding hydrogens is 326 g/mol. The van der Waals surface area contributed by atoms with E-state index in [1.54, 1.807) is 6.92 Å². The van der Waals surface area contributed by atoms with Crippen LogP contribution in [-0.2, 0) is 16.3 Å². The van der Waals surface area contributed by atoms with Gasteiger partial charge in [0.2, 0.25) is 0 Å². The molecule has 0 aliphatic carbocycles. The standard InChI is InChI=1S/C14H22BrNO2S/c1-3-19(17,18)9-8-12(11-16-2)10-13-6-4-5-7-14(13)15/h4-7,12,16H,3,8-11H2,1-2H3. The summed E-state index contributed by atoms with van der Waals surface area (Å²) in [7, 11) is -0.971. The SMILES string of the molecule is CCS(=O)(=O)CCC(CNC)Cc1ccccc1Br. The fourth-order valence-corrected chi connectivity index (χ4v) is 3.46. The van der Waals surface area contributed by atoms with Gasteiger partial charge in [-0.1, -0.05) is 41.1 Å². The van der Waals surface area contributed by atoms with Crippen molar-refractivity contribution in [2.45, 2.75) is 19.8 Å². The Morgan fingerprint density at radius 2 is 2.00 bits per heavy atom. The summed E-state index contributed by atoms with van der Waals surface area (Å²) in [5.74, 6) is 0.847. The molecule has 1 rings (SSSR count). The smallest absolute Gasteiger partial charge is 0.150 e. The van der Waals surface area contributed by atoms with Gasteiger partial charge in [-0.25, -0.2) is 8.42 Å². The van der Waals surface area contributed by atoms with Crippen molar-refractivity contribution in [3.63, 3.8) is 0 Å². The predicted octanol–water partition coefficient (Wildman–Crippen LogP) is 2.65. The third kappa shape index (κ3) is 6.06. The highest BCUT2D eigenvalue weighted by molar-refractivity contribution is 9.10. The molecule has 0 amide bonds. The van der Waals surface area contributed by atoms with E-state index < -0.39 is 9.84 Å². The lowest BCUT2D eigenvalue weighted by molar-refractivity contribution is 0.477. The average Bonchev–Trinajstić information content (AvgIpc) is 2.39. The molecule has 0 aliphatic rings. The molecule has 1 N–H and O–H groups in total. The molecule has 108 valence electrons. The first-order valence-electron chi connectivity index (χ1n) is 6.57. The van der Waals surface area contributed by atoms with Gasteiger partial charge in [0.1, 0.15) is 9.84 Å². The van der Waals surface area contributed by atoms with E-state index in [1.165, 1.54) is 5.56 Å². The van der Waals surface area contributed by atoms with Gasteiger partial charge in [0.05, 0.1) is 5.75 Å². The second-order valence-electron chi connectivity index (χ2n) is 4.74. The number of halogens is 1. The topological polar surface area (TPSA) is 46.2 Å². The van der Waals surface area contributed by atoms with Crippen molar-refractivity contribution in [1.82, 2.24) is 5.32 Å².